The molecule has 0 atom stereocenters. The van der Waals surface area contributed by atoms with Crippen LogP contribution in [-0.4, -0.2) is 12.6 Å². The van der Waals surface area contributed by atoms with Crippen molar-refractivity contribution in [1.29, 1.82) is 0 Å². The Morgan fingerprint density at radius 3 is 2.36 bits per heavy atom. The molecule has 0 aromatic carbocycles. The van der Waals surface area contributed by atoms with Crippen LogP contribution < -0.4 is 0 Å². The normalized spacial score (nSPS) is 9.36. The third kappa shape index (κ3) is 5.57. The molecule has 0 saturated carbocycles. The topological polar surface area (TPSA) is 26.3 Å². The first-order valence-electron chi connectivity index (χ1n) is 5.12. The van der Waals surface area contributed by atoms with Crippen molar-refractivity contribution in [2.24, 2.45) is 0 Å². The molecule has 0 unspecified atom stereocenters. The van der Waals surface area contributed by atoms with Crippen LogP contribution >= 0.6 is 0 Å². The van der Waals surface area contributed by atoms with E-state index in [1.165, 1.54) is 5.57 Å². The lowest BCUT2D eigenvalue weighted by atomic mass is 10.1. The van der Waals surface area contributed by atoms with Crippen molar-refractivity contribution >= 4 is 5.97 Å². The molecule has 0 bridgehead atoms. The molecule has 0 spiro atoms. The zero-order chi connectivity index (χ0) is 11.0. The average molecular weight is 196 g/mol. The molecule has 0 aromatic rings. The summed E-state index contributed by atoms with van der Waals surface area (Å²) in [4.78, 5) is 11.0. The van der Waals surface area contributed by atoms with Gasteiger partial charge in [0.05, 0.1) is 6.61 Å². The van der Waals surface area contributed by atoms with Gasteiger partial charge in [-0.1, -0.05) is 32.1 Å². The minimum Gasteiger partial charge on any atom is -0.462 e. The number of rotatable bonds is 6. The minimum atomic E-state index is -0.298. The smallest absolute Gasteiger partial charge is 0.333 e. The van der Waals surface area contributed by atoms with E-state index in [2.05, 4.69) is 26.5 Å². The molecule has 0 saturated heterocycles. The SMILES string of the molecule is C=C(C)C(=O)OCCC=C(CC)CC. The number of esters is 1. The maximum atomic E-state index is 11.0. The largest absolute Gasteiger partial charge is 0.462 e. The standard InChI is InChI=1S/C12H20O2/c1-5-11(6-2)8-7-9-14-12(13)10(3)4/h8H,3,5-7,9H2,1-2,4H3. The maximum absolute atomic E-state index is 11.0. The Hall–Kier alpha value is -1.05. The molecule has 0 aromatic heterocycles. The predicted octanol–water partition coefficient (Wildman–Crippen LogP) is 3.24. The van der Waals surface area contributed by atoms with E-state index in [1.807, 2.05) is 0 Å². The van der Waals surface area contributed by atoms with Crippen LogP contribution in [-0.2, 0) is 9.53 Å². The van der Waals surface area contributed by atoms with Gasteiger partial charge in [-0.05, 0) is 26.2 Å². The summed E-state index contributed by atoms with van der Waals surface area (Å²) in [6.07, 6.45) is 5.09. The van der Waals surface area contributed by atoms with E-state index < -0.39 is 0 Å². The number of hydrogen-bond acceptors (Lipinski definition) is 2. The van der Waals surface area contributed by atoms with Gasteiger partial charge < -0.3 is 4.74 Å². The highest BCUT2D eigenvalue weighted by Gasteiger charge is 2.00. The van der Waals surface area contributed by atoms with Crippen LogP contribution in [0.1, 0.15) is 40.0 Å². The zero-order valence-electron chi connectivity index (χ0n) is 9.43. The quantitative estimate of drug-likeness (QED) is 0.282. The van der Waals surface area contributed by atoms with Gasteiger partial charge in [0.15, 0.2) is 0 Å². The van der Waals surface area contributed by atoms with E-state index in [0.29, 0.717) is 12.2 Å². The maximum Gasteiger partial charge on any atom is 0.333 e. The Labute approximate surface area is 86.6 Å². The summed E-state index contributed by atoms with van der Waals surface area (Å²) in [5.74, 6) is -0.298. The van der Waals surface area contributed by atoms with Crippen LogP contribution in [0, 0.1) is 0 Å². The van der Waals surface area contributed by atoms with Gasteiger partial charge in [0.1, 0.15) is 0 Å². The fourth-order valence-electron chi connectivity index (χ4n) is 1.08. The average Bonchev–Trinajstić information content (AvgIpc) is 2.17. The molecule has 0 rings (SSSR count). The van der Waals surface area contributed by atoms with Gasteiger partial charge in [-0.3, -0.25) is 0 Å². The van der Waals surface area contributed by atoms with Crippen molar-refractivity contribution in [2.75, 3.05) is 6.61 Å². The molecule has 0 N–H and O–H groups in total. The van der Waals surface area contributed by atoms with Crippen LogP contribution in [0.4, 0.5) is 0 Å². The molecule has 2 heteroatoms. The molecule has 0 aliphatic rings. The van der Waals surface area contributed by atoms with Gasteiger partial charge in [-0.25, -0.2) is 4.79 Å². The van der Waals surface area contributed by atoms with E-state index >= 15 is 0 Å². The fourth-order valence-corrected chi connectivity index (χ4v) is 1.08. The highest BCUT2D eigenvalue weighted by Crippen LogP contribution is 2.06. The van der Waals surface area contributed by atoms with E-state index in [4.69, 9.17) is 4.74 Å². The second-order valence-electron chi connectivity index (χ2n) is 3.27. The Balaban J connectivity index is 3.70. The van der Waals surface area contributed by atoms with Gasteiger partial charge in [0, 0.05) is 5.57 Å². The van der Waals surface area contributed by atoms with Crippen molar-refractivity contribution in [2.45, 2.75) is 40.0 Å². The molecule has 80 valence electrons. The second kappa shape index (κ2) is 7.36. The molecule has 0 aliphatic heterocycles. The Morgan fingerprint density at radius 2 is 1.93 bits per heavy atom. The van der Waals surface area contributed by atoms with E-state index in [9.17, 15) is 4.79 Å². The van der Waals surface area contributed by atoms with Crippen molar-refractivity contribution in [1.82, 2.24) is 0 Å². The third-order valence-electron chi connectivity index (χ3n) is 2.04. The lowest BCUT2D eigenvalue weighted by molar-refractivity contribution is -0.138. The Bertz CT molecular complexity index is 220. The van der Waals surface area contributed by atoms with E-state index in [0.717, 1.165) is 19.3 Å². The number of carbonyl (C=O) groups excluding carboxylic acids is 1. The number of allylic oxidation sites excluding steroid dienone is 1. The van der Waals surface area contributed by atoms with Crippen LogP contribution in [0.25, 0.3) is 0 Å². The summed E-state index contributed by atoms with van der Waals surface area (Å²) in [6.45, 7) is 9.89. The lowest BCUT2D eigenvalue weighted by Gasteiger charge is -2.03. The van der Waals surface area contributed by atoms with Gasteiger partial charge in [-0.15, -0.1) is 0 Å². The number of hydrogen-bond donors (Lipinski definition) is 0. The first-order chi connectivity index (χ1) is 6.61. The first kappa shape index (κ1) is 12.9. The number of ether oxygens (including phenoxy) is 1. The van der Waals surface area contributed by atoms with Gasteiger partial charge in [0.2, 0.25) is 0 Å². The monoisotopic (exact) mass is 196 g/mol. The van der Waals surface area contributed by atoms with Crippen molar-refractivity contribution in [3.8, 4) is 0 Å². The molecule has 0 radical (unpaired) electrons. The molecular formula is C12H20O2. The van der Waals surface area contributed by atoms with Crippen LogP contribution in [0.15, 0.2) is 23.8 Å². The Kier molecular flexibility index (Phi) is 6.81. The summed E-state index contributed by atoms with van der Waals surface area (Å²) in [5, 5.41) is 0. The summed E-state index contributed by atoms with van der Waals surface area (Å²) < 4.78 is 4.96. The van der Waals surface area contributed by atoms with Gasteiger partial charge in [0.25, 0.3) is 0 Å². The molecular weight excluding hydrogens is 176 g/mol. The lowest BCUT2D eigenvalue weighted by Crippen LogP contribution is -2.05. The summed E-state index contributed by atoms with van der Waals surface area (Å²) in [7, 11) is 0. The Morgan fingerprint density at radius 1 is 1.36 bits per heavy atom. The van der Waals surface area contributed by atoms with E-state index in [1.54, 1.807) is 6.92 Å². The van der Waals surface area contributed by atoms with E-state index in [-0.39, 0.29) is 5.97 Å². The van der Waals surface area contributed by atoms with Gasteiger partial charge >= 0.3 is 5.97 Å². The minimum absolute atomic E-state index is 0.298. The predicted molar refractivity (Wildman–Crippen MR) is 59.1 cm³/mol. The highest BCUT2D eigenvalue weighted by molar-refractivity contribution is 5.86. The van der Waals surface area contributed by atoms with Crippen LogP contribution in [0.3, 0.4) is 0 Å². The molecule has 0 amide bonds. The molecule has 0 heterocycles. The summed E-state index contributed by atoms with van der Waals surface area (Å²) in [6, 6.07) is 0. The highest BCUT2D eigenvalue weighted by atomic mass is 16.5. The first-order valence-corrected chi connectivity index (χ1v) is 5.12. The third-order valence-corrected chi connectivity index (χ3v) is 2.04. The summed E-state index contributed by atoms with van der Waals surface area (Å²) in [5.41, 5.74) is 1.87. The summed E-state index contributed by atoms with van der Waals surface area (Å²) >= 11 is 0. The van der Waals surface area contributed by atoms with Crippen LogP contribution in [0.5, 0.6) is 0 Å². The molecule has 0 fully saturated rings. The van der Waals surface area contributed by atoms with Crippen molar-refractivity contribution in [3.05, 3.63) is 23.8 Å². The molecule has 0 aliphatic carbocycles. The molecule has 2 nitrogen and oxygen atoms in total. The molecule has 14 heavy (non-hydrogen) atoms. The second-order valence-corrected chi connectivity index (χ2v) is 3.27. The zero-order valence-corrected chi connectivity index (χ0v) is 9.43. The number of carbonyl (C=O) groups is 1. The van der Waals surface area contributed by atoms with Gasteiger partial charge in [-0.2, -0.15) is 0 Å². The fraction of sp³-hybridized carbons (Fsp3) is 0.583. The van der Waals surface area contributed by atoms with Crippen molar-refractivity contribution in [3.63, 3.8) is 0 Å². The van der Waals surface area contributed by atoms with Crippen molar-refractivity contribution < 1.29 is 9.53 Å². The van der Waals surface area contributed by atoms with Crippen LogP contribution in [0.2, 0.25) is 0 Å².